The van der Waals surface area contributed by atoms with Crippen molar-refractivity contribution in [2.24, 2.45) is 10.7 Å². The smallest absolute Gasteiger partial charge is 0.385 e. The Labute approximate surface area is 174 Å². The van der Waals surface area contributed by atoms with Crippen LogP contribution in [0.3, 0.4) is 0 Å². The van der Waals surface area contributed by atoms with Gasteiger partial charge in [-0.2, -0.15) is 13.2 Å². The molecule has 1 aliphatic heterocycles. The van der Waals surface area contributed by atoms with Crippen molar-refractivity contribution >= 4 is 17.4 Å². The maximum atomic E-state index is 14.7. The van der Waals surface area contributed by atoms with Gasteiger partial charge < -0.3 is 15.8 Å². The first kappa shape index (κ1) is 22.6. The summed E-state index contributed by atoms with van der Waals surface area (Å²) in [6, 6.07) is 4.20. The number of carbonyl (C=O) groups excluding carboxylic acids is 1. The number of aryl methyl sites for hydroxylation is 1. The molecule has 0 radical (unpaired) electrons. The first-order chi connectivity index (χ1) is 14.3. The van der Waals surface area contributed by atoms with Gasteiger partial charge in [-0.25, -0.2) is 13.8 Å². The third kappa shape index (κ3) is 4.36. The van der Waals surface area contributed by atoms with Gasteiger partial charge in [-0.3, -0.25) is 9.79 Å². The number of hydrogen-bond acceptors (Lipinski definition) is 5. The largest absolute Gasteiger partial charge is 0.417 e. The Balaban J connectivity index is 2.02. The van der Waals surface area contributed by atoms with Gasteiger partial charge in [0.2, 0.25) is 0 Å². The highest BCUT2D eigenvalue weighted by atomic mass is 19.4. The topological polar surface area (TPSA) is 89.6 Å². The van der Waals surface area contributed by atoms with Gasteiger partial charge in [-0.15, -0.1) is 0 Å². The Morgan fingerprint density at radius 2 is 1.94 bits per heavy atom. The molecule has 2 aromatic rings. The molecule has 0 fully saturated rings. The average molecular weight is 442 g/mol. The first-order valence-electron chi connectivity index (χ1n) is 9.14. The van der Waals surface area contributed by atoms with Crippen molar-refractivity contribution in [1.29, 1.82) is 0 Å². The minimum absolute atomic E-state index is 0.0125. The summed E-state index contributed by atoms with van der Waals surface area (Å²) in [5.74, 6) is -2.58. The molecule has 1 aromatic heterocycles. The lowest BCUT2D eigenvalue weighted by Crippen LogP contribution is -2.55. The van der Waals surface area contributed by atoms with Gasteiger partial charge in [-0.1, -0.05) is 0 Å². The zero-order chi connectivity index (χ0) is 23.1. The van der Waals surface area contributed by atoms with Crippen LogP contribution < -0.4 is 11.1 Å². The predicted molar refractivity (Wildman–Crippen MR) is 103 cm³/mol. The van der Waals surface area contributed by atoms with Crippen LogP contribution in [0, 0.1) is 18.6 Å². The second-order valence-corrected chi connectivity index (χ2v) is 7.35. The van der Waals surface area contributed by atoms with E-state index in [0.29, 0.717) is 0 Å². The molecular formula is C20H19F5N4O2. The van der Waals surface area contributed by atoms with E-state index in [4.69, 9.17) is 10.5 Å². The molecule has 166 valence electrons. The van der Waals surface area contributed by atoms with Crippen LogP contribution in [0.4, 0.5) is 27.6 Å². The van der Waals surface area contributed by atoms with Crippen LogP contribution in [-0.2, 0) is 10.3 Å². The minimum atomic E-state index is -4.87. The predicted octanol–water partition coefficient (Wildman–Crippen LogP) is 3.84. The third-order valence-electron chi connectivity index (χ3n) is 4.96. The van der Waals surface area contributed by atoms with Crippen molar-refractivity contribution in [2.45, 2.75) is 44.7 Å². The third-order valence-corrected chi connectivity index (χ3v) is 4.96. The summed E-state index contributed by atoms with van der Waals surface area (Å²) in [6.07, 6.45) is -7.60. The monoisotopic (exact) mass is 442 g/mol. The highest BCUT2D eigenvalue weighted by molar-refractivity contribution is 6.03. The second-order valence-electron chi connectivity index (χ2n) is 7.35. The number of nitrogens with two attached hydrogens (primary N) is 1. The fourth-order valence-corrected chi connectivity index (χ4v) is 3.38. The van der Waals surface area contributed by atoms with Crippen molar-refractivity contribution in [1.82, 2.24) is 4.98 Å². The number of nitrogens with one attached hydrogen (secondary N) is 1. The number of nitrogens with zero attached hydrogens (tertiary/aromatic N) is 2. The van der Waals surface area contributed by atoms with Crippen molar-refractivity contribution in [3.63, 3.8) is 0 Å². The van der Waals surface area contributed by atoms with Gasteiger partial charge in [0.25, 0.3) is 5.91 Å². The molecule has 0 saturated heterocycles. The summed E-state index contributed by atoms with van der Waals surface area (Å²) in [5.41, 5.74) is 3.14. The molecule has 0 saturated carbocycles. The van der Waals surface area contributed by atoms with Crippen LogP contribution in [0.25, 0.3) is 0 Å². The molecule has 2 heterocycles. The fourth-order valence-electron chi connectivity index (χ4n) is 3.38. The van der Waals surface area contributed by atoms with Crippen LogP contribution in [0.1, 0.15) is 35.5 Å². The number of carbonyl (C=O) groups is 1. The molecule has 0 unspecified atom stereocenters. The van der Waals surface area contributed by atoms with Gasteiger partial charge >= 0.3 is 6.18 Å². The zero-order valence-electron chi connectivity index (χ0n) is 16.7. The van der Waals surface area contributed by atoms with Crippen molar-refractivity contribution < 1.29 is 31.5 Å². The summed E-state index contributed by atoms with van der Waals surface area (Å²) in [7, 11) is 0. The van der Waals surface area contributed by atoms with E-state index in [1.807, 2.05) is 0 Å². The number of pyridine rings is 1. The number of anilines is 1. The Hall–Kier alpha value is -3.08. The summed E-state index contributed by atoms with van der Waals surface area (Å²) in [6.45, 7) is 3.83. The number of benzene rings is 1. The molecule has 1 aromatic carbocycles. The number of aromatic nitrogens is 1. The molecule has 3 N–H and O–H groups in total. The Kier molecular flexibility index (Phi) is 5.74. The number of ether oxygens (including phenoxy) is 1. The molecule has 3 atom stereocenters. The summed E-state index contributed by atoms with van der Waals surface area (Å²) in [4.78, 5) is 20.1. The van der Waals surface area contributed by atoms with Gasteiger partial charge in [0, 0.05) is 11.3 Å². The van der Waals surface area contributed by atoms with Crippen LogP contribution in [0.2, 0.25) is 0 Å². The summed E-state index contributed by atoms with van der Waals surface area (Å²) < 4.78 is 74.0. The number of alkyl halides is 3. The average Bonchev–Trinajstić information content (AvgIpc) is 2.65. The van der Waals surface area contributed by atoms with E-state index >= 15 is 0 Å². The van der Waals surface area contributed by atoms with Crippen LogP contribution in [0.15, 0.2) is 35.5 Å². The van der Waals surface area contributed by atoms with Gasteiger partial charge in [0.1, 0.15) is 34.8 Å². The number of halogens is 5. The SMILES string of the molecule is Cc1cc(F)cnc1C(=O)Nc1ccc(F)c([C@@]2(C)N=C(N)[C@@H](C)O[C@H]2C(F)(F)F)c1. The number of amidine groups is 1. The maximum absolute atomic E-state index is 14.7. The van der Waals surface area contributed by atoms with Crippen LogP contribution in [-0.4, -0.2) is 35.1 Å². The molecule has 0 spiro atoms. The van der Waals surface area contributed by atoms with E-state index in [0.717, 1.165) is 31.3 Å². The Bertz CT molecular complexity index is 1060. The molecule has 6 nitrogen and oxygen atoms in total. The van der Waals surface area contributed by atoms with Gasteiger partial charge in [-0.05, 0) is 50.6 Å². The van der Waals surface area contributed by atoms with Crippen molar-refractivity contribution in [3.8, 4) is 0 Å². The number of hydrogen-bond donors (Lipinski definition) is 2. The summed E-state index contributed by atoms with van der Waals surface area (Å²) in [5, 5.41) is 2.42. The van der Waals surface area contributed by atoms with Crippen LogP contribution >= 0.6 is 0 Å². The molecular weight excluding hydrogens is 423 g/mol. The van der Waals surface area contributed by atoms with Gasteiger partial charge in [0.15, 0.2) is 6.10 Å². The second kappa shape index (κ2) is 7.88. The lowest BCUT2D eigenvalue weighted by Gasteiger charge is -2.41. The quantitative estimate of drug-likeness (QED) is 0.707. The van der Waals surface area contributed by atoms with E-state index in [1.165, 1.54) is 19.9 Å². The van der Waals surface area contributed by atoms with E-state index in [9.17, 15) is 26.7 Å². The van der Waals surface area contributed by atoms with Crippen LogP contribution in [0.5, 0.6) is 0 Å². The normalized spacial score (nSPS) is 23.9. The van der Waals surface area contributed by atoms with E-state index in [1.54, 1.807) is 0 Å². The lowest BCUT2D eigenvalue weighted by atomic mass is 9.84. The van der Waals surface area contributed by atoms with Gasteiger partial charge in [0.05, 0.1) is 6.20 Å². The number of rotatable bonds is 3. The standard InChI is InChI=1S/C20H19F5N4O2/c1-9-6-11(21)8-27-15(9)17(30)28-12-4-5-14(22)13(7-12)19(3)18(20(23,24)25)31-10(2)16(26)29-19/h4-8,10,18H,1-3H3,(H2,26,29)(H,28,30)/t10-,18-,19-/m1/s1. The molecule has 11 heteroatoms. The highest BCUT2D eigenvalue weighted by Crippen LogP contribution is 2.44. The Morgan fingerprint density at radius 3 is 2.55 bits per heavy atom. The van der Waals surface area contributed by atoms with E-state index in [-0.39, 0.29) is 22.8 Å². The van der Waals surface area contributed by atoms with Crippen molar-refractivity contribution in [3.05, 3.63) is 58.9 Å². The van der Waals surface area contributed by atoms with E-state index < -0.39 is 47.0 Å². The Morgan fingerprint density at radius 1 is 1.26 bits per heavy atom. The molecule has 31 heavy (non-hydrogen) atoms. The van der Waals surface area contributed by atoms with E-state index in [2.05, 4.69) is 15.3 Å². The molecule has 3 rings (SSSR count). The fraction of sp³-hybridized carbons (Fsp3) is 0.350. The molecule has 1 amide bonds. The number of amides is 1. The van der Waals surface area contributed by atoms with Crippen molar-refractivity contribution in [2.75, 3.05) is 5.32 Å². The highest BCUT2D eigenvalue weighted by Gasteiger charge is 2.57. The minimum Gasteiger partial charge on any atom is -0.385 e. The maximum Gasteiger partial charge on any atom is 0.417 e. The number of aliphatic imine (C=N–C) groups is 1. The molecule has 0 bridgehead atoms. The first-order valence-corrected chi connectivity index (χ1v) is 9.14. The molecule has 1 aliphatic rings. The summed E-state index contributed by atoms with van der Waals surface area (Å²) >= 11 is 0. The molecule has 0 aliphatic carbocycles. The zero-order valence-corrected chi connectivity index (χ0v) is 16.7. The lowest BCUT2D eigenvalue weighted by molar-refractivity contribution is -0.248.